The molecule has 4 N–H and O–H groups in total. The van der Waals surface area contributed by atoms with Gasteiger partial charge in [0.2, 0.25) is 0 Å². The van der Waals surface area contributed by atoms with Crippen molar-refractivity contribution >= 4 is 35.7 Å². The van der Waals surface area contributed by atoms with E-state index < -0.39 is 6.03 Å². The van der Waals surface area contributed by atoms with Crippen LogP contribution in [0.2, 0.25) is 5.02 Å². The van der Waals surface area contributed by atoms with E-state index in [2.05, 4.69) is 5.32 Å². The van der Waals surface area contributed by atoms with Gasteiger partial charge < -0.3 is 5.32 Å². The molecule has 0 aliphatic carbocycles. The predicted octanol–water partition coefficient (Wildman–Crippen LogP) is 1.76. The van der Waals surface area contributed by atoms with Crippen LogP contribution < -0.4 is 16.6 Å². The third kappa shape index (κ3) is 3.98. The highest BCUT2D eigenvalue weighted by molar-refractivity contribution is 6.30. The van der Waals surface area contributed by atoms with Gasteiger partial charge >= 0.3 is 6.03 Å². The number of rotatable bonds is 1. The second-order valence-electron chi connectivity index (χ2n) is 2.11. The van der Waals surface area contributed by atoms with Crippen molar-refractivity contribution in [3.63, 3.8) is 0 Å². The van der Waals surface area contributed by atoms with Crippen LogP contribution in [-0.4, -0.2) is 6.03 Å². The van der Waals surface area contributed by atoms with E-state index in [0.29, 0.717) is 10.7 Å². The molecular weight excluding hydrogens is 213 g/mol. The van der Waals surface area contributed by atoms with Crippen molar-refractivity contribution in [3.8, 4) is 0 Å². The largest absolute Gasteiger partial charge is 0.333 e. The molecule has 1 aromatic carbocycles. The first-order valence-electron chi connectivity index (χ1n) is 3.25. The van der Waals surface area contributed by atoms with E-state index in [0.717, 1.165) is 0 Å². The lowest BCUT2D eigenvalue weighted by Gasteiger charge is -2.02. The van der Waals surface area contributed by atoms with Crippen molar-refractivity contribution in [1.29, 1.82) is 0 Å². The number of hydrazine groups is 1. The smallest absolute Gasteiger partial charge is 0.307 e. The lowest BCUT2D eigenvalue weighted by molar-refractivity contribution is 0.252. The fourth-order valence-electron chi connectivity index (χ4n) is 0.700. The van der Waals surface area contributed by atoms with E-state index in [-0.39, 0.29) is 12.4 Å². The van der Waals surface area contributed by atoms with E-state index in [9.17, 15) is 4.79 Å². The van der Waals surface area contributed by atoms with Gasteiger partial charge in [0.25, 0.3) is 0 Å². The molecule has 6 heteroatoms. The summed E-state index contributed by atoms with van der Waals surface area (Å²) in [5, 5.41) is 3.10. The van der Waals surface area contributed by atoms with Gasteiger partial charge in [-0.1, -0.05) is 11.6 Å². The van der Waals surface area contributed by atoms with Crippen LogP contribution in [0.25, 0.3) is 0 Å². The van der Waals surface area contributed by atoms with Crippen LogP contribution in [0.3, 0.4) is 0 Å². The summed E-state index contributed by atoms with van der Waals surface area (Å²) >= 11 is 5.63. The molecule has 0 aliphatic rings. The van der Waals surface area contributed by atoms with Crippen molar-refractivity contribution in [2.75, 3.05) is 5.32 Å². The molecule has 0 fully saturated rings. The topological polar surface area (TPSA) is 67.1 Å². The standard InChI is InChI=1S/C7H8ClN3O.ClH/c8-5-1-3-6(4-2-5)10-7(12)11-9;/h1-4H,9H2,(H2,10,11,12);1H. The van der Waals surface area contributed by atoms with Crippen LogP contribution in [0.15, 0.2) is 24.3 Å². The Kier molecular flexibility index (Phi) is 5.22. The summed E-state index contributed by atoms with van der Waals surface area (Å²) in [6, 6.07) is 6.24. The average molecular weight is 222 g/mol. The van der Waals surface area contributed by atoms with Gasteiger partial charge in [-0.15, -0.1) is 12.4 Å². The number of urea groups is 1. The van der Waals surface area contributed by atoms with Crippen molar-refractivity contribution in [2.24, 2.45) is 5.84 Å². The van der Waals surface area contributed by atoms with Crippen LogP contribution in [0, 0.1) is 0 Å². The SMILES string of the molecule is Cl.NNC(=O)Nc1ccc(Cl)cc1. The number of nitrogens with two attached hydrogens (primary N) is 1. The number of anilines is 1. The van der Waals surface area contributed by atoms with Crippen molar-refractivity contribution in [2.45, 2.75) is 0 Å². The fraction of sp³-hybridized carbons (Fsp3) is 0. The average Bonchev–Trinajstić information content (AvgIpc) is 2.09. The Bertz CT molecular complexity index is 276. The van der Waals surface area contributed by atoms with E-state index >= 15 is 0 Å². The summed E-state index contributed by atoms with van der Waals surface area (Å²) in [4.78, 5) is 10.7. The first-order chi connectivity index (χ1) is 5.72. The Morgan fingerprint density at radius 3 is 2.31 bits per heavy atom. The number of carbonyl (C=O) groups is 1. The third-order valence-electron chi connectivity index (χ3n) is 1.23. The third-order valence-corrected chi connectivity index (χ3v) is 1.49. The zero-order chi connectivity index (χ0) is 8.97. The van der Waals surface area contributed by atoms with E-state index in [1.54, 1.807) is 24.3 Å². The minimum absolute atomic E-state index is 0. The van der Waals surface area contributed by atoms with Gasteiger partial charge in [0.05, 0.1) is 0 Å². The van der Waals surface area contributed by atoms with E-state index in [1.807, 2.05) is 5.43 Å². The van der Waals surface area contributed by atoms with Gasteiger partial charge in [-0.2, -0.15) is 0 Å². The highest BCUT2D eigenvalue weighted by Crippen LogP contribution is 2.12. The molecule has 0 saturated carbocycles. The van der Waals surface area contributed by atoms with E-state index in [4.69, 9.17) is 17.4 Å². The molecule has 0 saturated heterocycles. The maximum atomic E-state index is 10.7. The minimum Gasteiger partial charge on any atom is -0.307 e. The summed E-state index contributed by atoms with van der Waals surface area (Å²) in [7, 11) is 0. The number of carbonyl (C=O) groups excluding carboxylic acids is 1. The Morgan fingerprint density at radius 1 is 1.31 bits per heavy atom. The highest BCUT2D eigenvalue weighted by Gasteiger charge is 1.96. The first-order valence-corrected chi connectivity index (χ1v) is 3.63. The summed E-state index contributed by atoms with van der Waals surface area (Å²) in [5.41, 5.74) is 2.59. The number of hydrogen-bond acceptors (Lipinski definition) is 2. The van der Waals surface area contributed by atoms with Crippen molar-refractivity contribution in [3.05, 3.63) is 29.3 Å². The Labute approximate surface area is 86.8 Å². The predicted molar refractivity (Wildman–Crippen MR) is 55.0 cm³/mol. The van der Waals surface area contributed by atoms with Gasteiger partial charge in [0.1, 0.15) is 0 Å². The normalized spacial score (nSPS) is 8.46. The van der Waals surface area contributed by atoms with Gasteiger partial charge in [0, 0.05) is 10.7 Å². The summed E-state index contributed by atoms with van der Waals surface area (Å²) < 4.78 is 0. The zero-order valence-corrected chi connectivity index (χ0v) is 8.15. The number of nitrogens with one attached hydrogen (secondary N) is 2. The van der Waals surface area contributed by atoms with Gasteiger partial charge in [0.15, 0.2) is 0 Å². The number of hydrogen-bond donors (Lipinski definition) is 3. The Morgan fingerprint density at radius 2 is 1.85 bits per heavy atom. The van der Waals surface area contributed by atoms with Gasteiger partial charge in [-0.25, -0.2) is 10.6 Å². The lowest BCUT2D eigenvalue weighted by atomic mass is 10.3. The minimum atomic E-state index is -0.461. The molecule has 0 atom stereocenters. The van der Waals surface area contributed by atoms with Crippen LogP contribution in [0.5, 0.6) is 0 Å². The molecule has 0 aromatic heterocycles. The number of halogens is 2. The molecule has 72 valence electrons. The van der Waals surface area contributed by atoms with Crippen LogP contribution in [0.4, 0.5) is 10.5 Å². The second-order valence-corrected chi connectivity index (χ2v) is 2.54. The summed E-state index contributed by atoms with van der Waals surface area (Å²) in [5.74, 6) is 4.86. The maximum Gasteiger partial charge on any atom is 0.333 e. The van der Waals surface area contributed by atoms with Crippen molar-refractivity contribution in [1.82, 2.24) is 5.43 Å². The second kappa shape index (κ2) is 5.64. The summed E-state index contributed by atoms with van der Waals surface area (Å²) in [6.45, 7) is 0. The van der Waals surface area contributed by atoms with Gasteiger partial charge in [-0.3, -0.25) is 5.43 Å². The quantitative estimate of drug-likeness (QED) is 0.385. The van der Waals surface area contributed by atoms with Crippen LogP contribution in [0.1, 0.15) is 0 Å². The highest BCUT2D eigenvalue weighted by atomic mass is 35.5. The number of amides is 2. The molecule has 13 heavy (non-hydrogen) atoms. The molecule has 1 aromatic rings. The van der Waals surface area contributed by atoms with Crippen LogP contribution >= 0.6 is 24.0 Å². The molecule has 0 aliphatic heterocycles. The first kappa shape index (κ1) is 12.0. The zero-order valence-electron chi connectivity index (χ0n) is 6.58. The molecular formula is C7H9Cl2N3O. The molecule has 0 heterocycles. The van der Waals surface area contributed by atoms with Crippen LogP contribution in [-0.2, 0) is 0 Å². The molecule has 2 amide bonds. The molecule has 1 rings (SSSR count). The molecule has 0 spiro atoms. The van der Waals surface area contributed by atoms with E-state index in [1.165, 1.54) is 0 Å². The Balaban J connectivity index is 0.00000144. The maximum absolute atomic E-state index is 10.7. The van der Waals surface area contributed by atoms with Crippen molar-refractivity contribution < 1.29 is 4.79 Å². The molecule has 0 unspecified atom stereocenters. The lowest BCUT2D eigenvalue weighted by Crippen LogP contribution is -2.34. The Hall–Kier alpha value is -0.970. The fourth-order valence-corrected chi connectivity index (χ4v) is 0.826. The summed E-state index contributed by atoms with van der Waals surface area (Å²) in [6.07, 6.45) is 0. The molecule has 4 nitrogen and oxygen atoms in total. The number of benzene rings is 1. The molecule has 0 bridgehead atoms. The monoisotopic (exact) mass is 221 g/mol. The van der Waals surface area contributed by atoms with Gasteiger partial charge in [-0.05, 0) is 24.3 Å². The molecule has 0 radical (unpaired) electrons.